The van der Waals surface area contributed by atoms with Crippen molar-refractivity contribution in [2.24, 2.45) is 0 Å². The van der Waals surface area contributed by atoms with Crippen LogP contribution in [0.25, 0.3) is 10.9 Å². The van der Waals surface area contributed by atoms with Crippen LogP contribution in [0, 0.1) is 0 Å². The first-order chi connectivity index (χ1) is 13.6. The predicted octanol–water partition coefficient (Wildman–Crippen LogP) is 3.15. The van der Waals surface area contributed by atoms with E-state index in [1.54, 1.807) is 18.2 Å². The van der Waals surface area contributed by atoms with Crippen LogP contribution in [0.1, 0.15) is 31.1 Å². The number of hydrogen-bond donors (Lipinski definition) is 1. The minimum Gasteiger partial charge on any atom is -0.459 e. The van der Waals surface area contributed by atoms with Gasteiger partial charge in [0.15, 0.2) is 0 Å². The van der Waals surface area contributed by atoms with Crippen LogP contribution in [-0.2, 0) is 9.53 Å². The zero-order chi connectivity index (χ0) is 21.2. The van der Waals surface area contributed by atoms with Crippen LogP contribution in [0.2, 0.25) is 10.2 Å². The molecule has 1 saturated heterocycles. The fourth-order valence-corrected chi connectivity index (χ4v) is 3.50. The number of rotatable bonds is 4. The summed E-state index contributed by atoms with van der Waals surface area (Å²) in [7, 11) is 0. The predicted molar refractivity (Wildman–Crippen MR) is 113 cm³/mol. The summed E-state index contributed by atoms with van der Waals surface area (Å²) in [5, 5.41) is 3.24. The van der Waals surface area contributed by atoms with Gasteiger partial charge in [-0.25, -0.2) is 9.99 Å². The first-order valence-electron chi connectivity index (χ1n) is 9.37. The van der Waals surface area contributed by atoms with Crippen molar-refractivity contribution in [2.75, 3.05) is 32.7 Å². The molecule has 1 aliphatic heterocycles. The second kappa shape index (κ2) is 8.83. The van der Waals surface area contributed by atoms with Crippen molar-refractivity contribution in [3.63, 3.8) is 0 Å². The lowest BCUT2D eigenvalue weighted by Crippen LogP contribution is -2.54. The average molecular weight is 439 g/mol. The van der Waals surface area contributed by atoms with Gasteiger partial charge >= 0.3 is 5.97 Å². The number of ether oxygens (including phenoxy) is 1. The minimum absolute atomic E-state index is 0.238. The highest BCUT2D eigenvalue weighted by Crippen LogP contribution is 2.24. The van der Waals surface area contributed by atoms with Crippen LogP contribution < -0.4 is 5.43 Å². The number of piperazine rings is 1. The van der Waals surface area contributed by atoms with Crippen molar-refractivity contribution in [3.8, 4) is 0 Å². The number of hydrogen-bond acceptors (Lipinski definition) is 6. The zero-order valence-corrected chi connectivity index (χ0v) is 18.2. The molecule has 29 heavy (non-hydrogen) atoms. The highest BCUT2D eigenvalue weighted by Gasteiger charge is 2.24. The molecule has 1 fully saturated rings. The van der Waals surface area contributed by atoms with E-state index in [1.165, 1.54) is 6.07 Å². The summed E-state index contributed by atoms with van der Waals surface area (Å²) in [5.41, 5.74) is 3.43. The van der Waals surface area contributed by atoms with E-state index in [4.69, 9.17) is 27.9 Å². The number of halogens is 2. The Labute approximate surface area is 179 Å². The van der Waals surface area contributed by atoms with Crippen molar-refractivity contribution >= 4 is 46.0 Å². The van der Waals surface area contributed by atoms with Crippen molar-refractivity contribution in [1.82, 2.24) is 20.3 Å². The van der Waals surface area contributed by atoms with Crippen LogP contribution in [0.15, 0.2) is 24.3 Å². The molecule has 0 atom stereocenters. The largest absolute Gasteiger partial charge is 0.459 e. The van der Waals surface area contributed by atoms with Gasteiger partial charge in [-0.05, 0) is 45.0 Å². The molecule has 0 radical (unpaired) electrons. The third-order valence-corrected chi connectivity index (χ3v) is 4.82. The van der Waals surface area contributed by atoms with Crippen LogP contribution in [0.3, 0.4) is 0 Å². The summed E-state index contributed by atoms with van der Waals surface area (Å²) in [6, 6.07) is 6.68. The Hall–Kier alpha value is -1.93. The van der Waals surface area contributed by atoms with Crippen LogP contribution in [0.5, 0.6) is 0 Å². The highest BCUT2D eigenvalue weighted by atomic mass is 35.5. The molecule has 0 saturated carbocycles. The van der Waals surface area contributed by atoms with Crippen molar-refractivity contribution in [1.29, 1.82) is 0 Å². The smallest absolute Gasteiger partial charge is 0.320 e. The van der Waals surface area contributed by atoms with Gasteiger partial charge in [-0.2, -0.15) is 0 Å². The third-order valence-electron chi connectivity index (χ3n) is 4.39. The summed E-state index contributed by atoms with van der Waals surface area (Å²) in [6.07, 6.45) is 0. The second-order valence-electron chi connectivity index (χ2n) is 7.94. The molecule has 0 unspecified atom stereocenters. The number of amides is 1. The highest BCUT2D eigenvalue weighted by molar-refractivity contribution is 6.32. The first-order valence-corrected chi connectivity index (χ1v) is 10.1. The Kier molecular flexibility index (Phi) is 6.63. The fraction of sp³-hybridized carbons (Fsp3) is 0.450. The molecule has 0 bridgehead atoms. The molecular formula is C20H24Cl2N4O3. The molecule has 1 aromatic heterocycles. The van der Waals surface area contributed by atoms with E-state index < -0.39 is 5.60 Å². The van der Waals surface area contributed by atoms with Crippen molar-refractivity contribution in [2.45, 2.75) is 26.4 Å². The normalized spacial score (nSPS) is 16.0. The van der Waals surface area contributed by atoms with Crippen LogP contribution >= 0.6 is 23.2 Å². The standard InChI is InChI=1S/C20H24Cl2N4O3/c1-20(2,3)29-18(27)12-25-6-8-26(9-7-25)24-19(28)15-11-17(22)23-16-5-4-13(21)10-14(15)16/h4-5,10-11H,6-9,12H2,1-3H3,(H,24,28). The van der Waals surface area contributed by atoms with Gasteiger partial charge in [0.25, 0.3) is 5.91 Å². The Bertz CT molecular complexity index is 922. The van der Waals surface area contributed by atoms with Gasteiger partial charge in [0.05, 0.1) is 17.6 Å². The minimum atomic E-state index is -0.496. The maximum absolute atomic E-state index is 12.8. The van der Waals surface area contributed by atoms with E-state index in [-0.39, 0.29) is 23.6 Å². The number of aromatic nitrogens is 1. The van der Waals surface area contributed by atoms with Gasteiger partial charge in [-0.15, -0.1) is 0 Å². The number of carbonyl (C=O) groups excluding carboxylic acids is 2. The molecule has 1 N–H and O–H groups in total. The van der Waals surface area contributed by atoms with Crippen molar-refractivity contribution < 1.29 is 14.3 Å². The number of esters is 1. The van der Waals surface area contributed by atoms with E-state index in [0.717, 1.165) is 0 Å². The molecule has 1 aliphatic rings. The van der Waals surface area contributed by atoms with Gasteiger partial charge in [-0.1, -0.05) is 23.2 Å². The van der Waals surface area contributed by atoms with Gasteiger partial charge in [0.2, 0.25) is 0 Å². The first kappa shape index (κ1) is 21.8. The molecule has 2 heterocycles. The Morgan fingerprint density at radius 3 is 2.48 bits per heavy atom. The lowest BCUT2D eigenvalue weighted by atomic mass is 10.1. The Morgan fingerprint density at radius 2 is 1.83 bits per heavy atom. The zero-order valence-electron chi connectivity index (χ0n) is 16.7. The number of nitrogens with zero attached hydrogens (tertiary/aromatic N) is 3. The van der Waals surface area contributed by atoms with Gasteiger partial charge in [0.1, 0.15) is 10.8 Å². The average Bonchev–Trinajstić information content (AvgIpc) is 2.61. The quantitative estimate of drug-likeness (QED) is 0.583. The van der Waals surface area contributed by atoms with Gasteiger partial charge < -0.3 is 4.74 Å². The van der Waals surface area contributed by atoms with E-state index in [2.05, 4.69) is 10.4 Å². The summed E-state index contributed by atoms with van der Waals surface area (Å²) in [5.74, 6) is -0.521. The SMILES string of the molecule is CC(C)(C)OC(=O)CN1CCN(NC(=O)c2cc(Cl)nc3ccc(Cl)cc23)CC1. The van der Waals surface area contributed by atoms with Crippen molar-refractivity contribution in [3.05, 3.63) is 40.0 Å². The number of pyridine rings is 1. The summed E-state index contributed by atoms with van der Waals surface area (Å²) >= 11 is 12.2. The van der Waals surface area contributed by atoms with Gasteiger partial charge in [0, 0.05) is 36.6 Å². The van der Waals surface area contributed by atoms with E-state index >= 15 is 0 Å². The second-order valence-corrected chi connectivity index (χ2v) is 8.77. The van der Waals surface area contributed by atoms with E-state index in [0.29, 0.717) is 47.7 Å². The van der Waals surface area contributed by atoms with E-state index in [1.807, 2.05) is 30.7 Å². The Morgan fingerprint density at radius 1 is 1.14 bits per heavy atom. The molecule has 0 aliphatic carbocycles. The summed E-state index contributed by atoms with van der Waals surface area (Å²) < 4.78 is 5.36. The molecule has 3 rings (SSSR count). The van der Waals surface area contributed by atoms with Crippen LogP contribution in [0.4, 0.5) is 0 Å². The maximum Gasteiger partial charge on any atom is 0.320 e. The Balaban J connectivity index is 1.60. The molecule has 9 heteroatoms. The fourth-order valence-electron chi connectivity index (χ4n) is 3.13. The molecule has 0 spiro atoms. The number of carbonyl (C=O) groups is 2. The number of nitrogens with one attached hydrogen (secondary N) is 1. The van der Waals surface area contributed by atoms with Crippen LogP contribution in [-0.4, -0.2) is 65.1 Å². The topological polar surface area (TPSA) is 74.8 Å². The molecular weight excluding hydrogens is 415 g/mol. The summed E-state index contributed by atoms with van der Waals surface area (Å²) in [4.78, 5) is 31.1. The molecule has 7 nitrogen and oxygen atoms in total. The van der Waals surface area contributed by atoms with Gasteiger partial charge in [-0.3, -0.25) is 19.9 Å². The number of benzene rings is 1. The van der Waals surface area contributed by atoms with E-state index in [9.17, 15) is 9.59 Å². The molecule has 1 amide bonds. The maximum atomic E-state index is 12.8. The summed E-state index contributed by atoms with van der Waals surface area (Å²) in [6.45, 7) is 8.24. The molecule has 2 aromatic rings. The number of fused-ring (bicyclic) bond motifs is 1. The molecule has 1 aromatic carbocycles. The molecule has 156 valence electrons. The number of hydrazine groups is 1. The monoisotopic (exact) mass is 438 g/mol. The lowest BCUT2D eigenvalue weighted by Gasteiger charge is -2.34. The third kappa shape index (κ3) is 6.02. The lowest BCUT2D eigenvalue weighted by molar-refractivity contribution is -0.156.